The second kappa shape index (κ2) is 11.9. The van der Waals surface area contributed by atoms with Gasteiger partial charge in [-0.1, -0.05) is 50.1 Å². The molecule has 2 amide bonds. The van der Waals surface area contributed by atoms with Gasteiger partial charge < -0.3 is 16.4 Å². The SMILES string of the molecule is CCCCC(CN)NC(=O)CC(NC(C)=O)c1ccccc1.Cl. The molecule has 23 heavy (non-hydrogen) atoms. The fourth-order valence-corrected chi connectivity index (χ4v) is 2.35. The molecule has 1 rings (SSSR count). The molecule has 4 N–H and O–H groups in total. The Morgan fingerprint density at radius 1 is 1.17 bits per heavy atom. The molecule has 0 aliphatic heterocycles. The Labute approximate surface area is 144 Å². The number of hydrogen-bond acceptors (Lipinski definition) is 3. The van der Waals surface area contributed by atoms with E-state index < -0.39 is 0 Å². The quantitative estimate of drug-likeness (QED) is 0.644. The van der Waals surface area contributed by atoms with Crippen molar-refractivity contribution in [3.63, 3.8) is 0 Å². The lowest BCUT2D eigenvalue weighted by Crippen LogP contribution is -2.42. The van der Waals surface area contributed by atoms with E-state index in [0.29, 0.717) is 6.54 Å². The largest absolute Gasteiger partial charge is 0.352 e. The number of carbonyl (C=O) groups excluding carboxylic acids is 2. The molecule has 1 aromatic rings. The number of nitrogens with one attached hydrogen (secondary N) is 2. The Bertz CT molecular complexity index is 468. The molecule has 130 valence electrons. The lowest BCUT2D eigenvalue weighted by Gasteiger charge is -2.21. The van der Waals surface area contributed by atoms with Crippen LogP contribution in [0.25, 0.3) is 0 Å². The lowest BCUT2D eigenvalue weighted by atomic mass is 10.0. The van der Waals surface area contributed by atoms with Gasteiger partial charge in [-0.15, -0.1) is 12.4 Å². The van der Waals surface area contributed by atoms with Crippen molar-refractivity contribution in [1.29, 1.82) is 0 Å². The van der Waals surface area contributed by atoms with Crippen LogP contribution in [-0.4, -0.2) is 24.4 Å². The molecule has 6 heteroatoms. The number of halogens is 1. The maximum absolute atomic E-state index is 12.2. The fraction of sp³-hybridized carbons (Fsp3) is 0.529. The molecule has 0 radical (unpaired) electrons. The Morgan fingerprint density at radius 3 is 2.35 bits per heavy atom. The highest BCUT2D eigenvalue weighted by Gasteiger charge is 2.18. The maximum atomic E-state index is 12.2. The zero-order valence-corrected chi connectivity index (χ0v) is 14.7. The van der Waals surface area contributed by atoms with E-state index >= 15 is 0 Å². The third-order valence-electron chi connectivity index (χ3n) is 3.52. The van der Waals surface area contributed by atoms with Crippen LogP contribution in [0.2, 0.25) is 0 Å². The summed E-state index contributed by atoms with van der Waals surface area (Å²) in [6, 6.07) is 9.20. The molecule has 0 aromatic heterocycles. The van der Waals surface area contributed by atoms with Gasteiger partial charge in [-0.05, 0) is 12.0 Å². The Kier molecular flexibility index (Phi) is 11.1. The van der Waals surface area contributed by atoms with Gasteiger partial charge in [-0.2, -0.15) is 0 Å². The van der Waals surface area contributed by atoms with Gasteiger partial charge >= 0.3 is 0 Å². The third kappa shape index (κ3) is 8.57. The van der Waals surface area contributed by atoms with Crippen molar-refractivity contribution in [1.82, 2.24) is 10.6 Å². The van der Waals surface area contributed by atoms with E-state index in [2.05, 4.69) is 17.6 Å². The number of amides is 2. The van der Waals surface area contributed by atoms with Crippen LogP contribution in [0.5, 0.6) is 0 Å². The highest BCUT2D eigenvalue weighted by molar-refractivity contribution is 5.85. The first-order chi connectivity index (χ1) is 10.6. The normalized spacial score (nSPS) is 12.7. The predicted octanol–water partition coefficient (Wildman–Crippen LogP) is 2.31. The van der Waals surface area contributed by atoms with Crippen LogP contribution in [0.1, 0.15) is 51.1 Å². The molecule has 2 unspecified atom stereocenters. The second-order valence-corrected chi connectivity index (χ2v) is 5.51. The summed E-state index contributed by atoms with van der Waals surface area (Å²) in [4.78, 5) is 23.6. The summed E-state index contributed by atoms with van der Waals surface area (Å²) < 4.78 is 0. The van der Waals surface area contributed by atoms with Crippen molar-refractivity contribution in [2.45, 2.75) is 51.6 Å². The molecule has 0 aliphatic rings. The van der Waals surface area contributed by atoms with Crippen LogP contribution in [0.15, 0.2) is 30.3 Å². The van der Waals surface area contributed by atoms with Crippen LogP contribution in [0.3, 0.4) is 0 Å². The van der Waals surface area contributed by atoms with Crippen molar-refractivity contribution in [3.05, 3.63) is 35.9 Å². The smallest absolute Gasteiger partial charge is 0.222 e. The summed E-state index contributed by atoms with van der Waals surface area (Å²) in [7, 11) is 0. The average Bonchev–Trinajstić information content (AvgIpc) is 2.51. The summed E-state index contributed by atoms with van der Waals surface area (Å²) >= 11 is 0. The van der Waals surface area contributed by atoms with Crippen LogP contribution in [0, 0.1) is 0 Å². The molecule has 0 saturated carbocycles. The Morgan fingerprint density at radius 2 is 1.83 bits per heavy atom. The van der Waals surface area contributed by atoms with Crippen LogP contribution in [0.4, 0.5) is 0 Å². The van der Waals surface area contributed by atoms with Gasteiger partial charge in [-0.25, -0.2) is 0 Å². The van der Waals surface area contributed by atoms with Crippen molar-refractivity contribution in [2.75, 3.05) is 6.54 Å². The lowest BCUT2D eigenvalue weighted by molar-refractivity contribution is -0.123. The first-order valence-electron chi connectivity index (χ1n) is 7.88. The van der Waals surface area contributed by atoms with E-state index in [4.69, 9.17) is 5.73 Å². The molecule has 5 nitrogen and oxygen atoms in total. The first-order valence-corrected chi connectivity index (χ1v) is 7.88. The van der Waals surface area contributed by atoms with Gasteiger partial charge in [0.25, 0.3) is 0 Å². The van der Waals surface area contributed by atoms with Gasteiger partial charge in [-0.3, -0.25) is 9.59 Å². The highest BCUT2D eigenvalue weighted by Crippen LogP contribution is 2.16. The van der Waals surface area contributed by atoms with Crippen molar-refractivity contribution in [2.24, 2.45) is 5.73 Å². The molecule has 2 atom stereocenters. The molecule has 1 aromatic carbocycles. The zero-order chi connectivity index (χ0) is 16.4. The number of unbranched alkanes of at least 4 members (excludes halogenated alkanes) is 1. The van der Waals surface area contributed by atoms with Crippen molar-refractivity contribution >= 4 is 24.2 Å². The fourth-order valence-electron chi connectivity index (χ4n) is 2.35. The first kappa shape index (κ1) is 21.4. The zero-order valence-electron chi connectivity index (χ0n) is 13.9. The summed E-state index contributed by atoms with van der Waals surface area (Å²) in [5.41, 5.74) is 6.62. The molecule has 0 saturated heterocycles. The molecule has 0 heterocycles. The van der Waals surface area contributed by atoms with E-state index in [0.717, 1.165) is 24.8 Å². The summed E-state index contributed by atoms with van der Waals surface area (Å²) in [5.74, 6) is -0.239. The number of benzene rings is 1. The van der Waals surface area contributed by atoms with E-state index in [9.17, 15) is 9.59 Å². The molecule has 0 bridgehead atoms. The van der Waals surface area contributed by atoms with E-state index in [-0.39, 0.29) is 42.7 Å². The molecule has 0 aliphatic carbocycles. The number of nitrogens with two attached hydrogens (primary N) is 1. The Balaban J connectivity index is 0.00000484. The van der Waals surface area contributed by atoms with E-state index in [1.165, 1.54) is 6.92 Å². The molecular weight excluding hydrogens is 314 g/mol. The number of rotatable bonds is 9. The van der Waals surface area contributed by atoms with Gasteiger partial charge in [0.05, 0.1) is 12.5 Å². The molecular formula is C17H28ClN3O2. The standard InChI is InChI=1S/C17H27N3O2.ClH/c1-3-4-10-15(12-18)20-17(22)11-16(19-13(2)21)14-8-6-5-7-9-14;/h5-9,15-16H,3-4,10-12,18H2,1-2H3,(H,19,21)(H,20,22);1H. The van der Waals surface area contributed by atoms with E-state index in [1.54, 1.807) is 0 Å². The topological polar surface area (TPSA) is 84.2 Å². The highest BCUT2D eigenvalue weighted by atomic mass is 35.5. The minimum Gasteiger partial charge on any atom is -0.352 e. The van der Waals surface area contributed by atoms with Gasteiger partial charge in [0, 0.05) is 19.5 Å². The Hall–Kier alpha value is -1.59. The van der Waals surface area contributed by atoms with Crippen molar-refractivity contribution in [3.8, 4) is 0 Å². The minimum absolute atomic E-state index is 0. The maximum Gasteiger partial charge on any atom is 0.222 e. The third-order valence-corrected chi connectivity index (χ3v) is 3.52. The monoisotopic (exact) mass is 341 g/mol. The van der Waals surface area contributed by atoms with Crippen LogP contribution in [-0.2, 0) is 9.59 Å². The second-order valence-electron chi connectivity index (χ2n) is 5.51. The summed E-state index contributed by atoms with van der Waals surface area (Å²) in [5, 5.41) is 5.79. The molecule has 0 spiro atoms. The van der Waals surface area contributed by atoms with E-state index in [1.807, 2.05) is 30.3 Å². The number of carbonyl (C=O) groups is 2. The summed E-state index contributed by atoms with van der Waals surface area (Å²) in [6.45, 7) is 4.00. The van der Waals surface area contributed by atoms with Crippen molar-refractivity contribution < 1.29 is 9.59 Å². The van der Waals surface area contributed by atoms with Gasteiger partial charge in [0.2, 0.25) is 11.8 Å². The molecule has 0 fully saturated rings. The average molecular weight is 342 g/mol. The van der Waals surface area contributed by atoms with Gasteiger partial charge in [0.1, 0.15) is 0 Å². The van der Waals surface area contributed by atoms with Gasteiger partial charge in [0.15, 0.2) is 0 Å². The summed E-state index contributed by atoms with van der Waals surface area (Å²) in [6.07, 6.45) is 3.21. The minimum atomic E-state index is -0.316. The van der Waals surface area contributed by atoms with Crippen LogP contribution < -0.4 is 16.4 Å². The predicted molar refractivity (Wildman–Crippen MR) is 95.4 cm³/mol. The van der Waals surface area contributed by atoms with Crippen LogP contribution >= 0.6 is 12.4 Å². The number of hydrogen-bond donors (Lipinski definition) is 3.